The van der Waals surface area contributed by atoms with E-state index in [4.69, 9.17) is 0 Å². The van der Waals surface area contributed by atoms with E-state index in [0.29, 0.717) is 24.5 Å². The van der Waals surface area contributed by atoms with E-state index in [9.17, 15) is 9.59 Å². The van der Waals surface area contributed by atoms with Crippen LogP contribution in [0.25, 0.3) is 11.0 Å². The first-order chi connectivity index (χ1) is 12.1. The van der Waals surface area contributed by atoms with Crippen LogP contribution in [0.4, 0.5) is 0 Å². The lowest BCUT2D eigenvalue weighted by Gasteiger charge is -2.08. The Labute approximate surface area is 146 Å². The third-order valence-electron chi connectivity index (χ3n) is 4.01. The summed E-state index contributed by atoms with van der Waals surface area (Å²) in [7, 11) is 0. The van der Waals surface area contributed by atoms with E-state index in [0.717, 1.165) is 11.1 Å². The van der Waals surface area contributed by atoms with Gasteiger partial charge >= 0.3 is 5.69 Å². The number of aromatic nitrogens is 3. The van der Waals surface area contributed by atoms with Crippen molar-refractivity contribution in [1.29, 1.82) is 0 Å². The standard InChI is InChI=1S/C19H22N4O2/c1-14(2)10-21-18(24)13-23-17-11-20-9-8-16(17)22(19(23)25)12-15-6-4-3-5-7-15/h3-9,11,14H,10,12-13H2,1-2H3,(H,21,24). The van der Waals surface area contributed by atoms with Gasteiger partial charge in [0.05, 0.1) is 23.8 Å². The number of benzene rings is 1. The number of nitrogens with one attached hydrogen (secondary N) is 1. The van der Waals surface area contributed by atoms with Gasteiger partial charge in [-0.2, -0.15) is 0 Å². The summed E-state index contributed by atoms with van der Waals surface area (Å²) < 4.78 is 3.17. The number of carbonyl (C=O) groups excluding carboxylic acids is 1. The monoisotopic (exact) mass is 338 g/mol. The first-order valence-corrected chi connectivity index (χ1v) is 8.40. The number of nitrogens with zero attached hydrogens (tertiary/aromatic N) is 3. The van der Waals surface area contributed by atoms with Crippen molar-refractivity contribution in [2.45, 2.75) is 26.9 Å². The van der Waals surface area contributed by atoms with Crippen molar-refractivity contribution in [2.24, 2.45) is 5.92 Å². The van der Waals surface area contributed by atoms with Gasteiger partial charge in [0.1, 0.15) is 6.54 Å². The van der Waals surface area contributed by atoms with E-state index < -0.39 is 0 Å². The summed E-state index contributed by atoms with van der Waals surface area (Å²) in [5.74, 6) is 0.195. The number of hydrogen-bond donors (Lipinski definition) is 1. The Balaban J connectivity index is 1.95. The molecular weight excluding hydrogens is 316 g/mol. The Hall–Kier alpha value is -2.89. The molecule has 0 fully saturated rings. The maximum Gasteiger partial charge on any atom is 0.329 e. The van der Waals surface area contributed by atoms with Gasteiger partial charge in [0.2, 0.25) is 5.91 Å². The van der Waals surface area contributed by atoms with E-state index in [1.807, 2.05) is 50.2 Å². The van der Waals surface area contributed by atoms with E-state index in [2.05, 4.69) is 10.3 Å². The van der Waals surface area contributed by atoms with Crippen molar-refractivity contribution in [2.75, 3.05) is 6.54 Å². The van der Waals surface area contributed by atoms with Gasteiger partial charge in [-0.3, -0.25) is 18.9 Å². The van der Waals surface area contributed by atoms with Gasteiger partial charge in [-0.05, 0) is 17.5 Å². The molecule has 3 aromatic rings. The van der Waals surface area contributed by atoms with Crippen molar-refractivity contribution >= 4 is 16.9 Å². The summed E-state index contributed by atoms with van der Waals surface area (Å²) in [5, 5.41) is 2.85. The molecule has 3 rings (SSSR count). The van der Waals surface area contributed by atoms with Crippen LogP contribution in [0.1, 0.15) is 19.4 Å². The predicted molar refractivity (Wildman–Crippen MR) is 97.4 cm³/mol. The maximum absolute atomic E-state index is 12.9. The van der Waals surface area contributed by atoms with Crippen LogP contribution in [0.2, 0.25) is 0 Å². The lowest BCUT2D eigenvalue weighted by molar-refractivity contribution is -0.121. The molecule has 0 unspecified atom stereocenters. The van der Waals surface area contributed by atoms with E-state index >= 15 is 0 Å². The second kappa shape index (κ2) is 7.34. The molecule has 1 aromatic carbocycles. The smallest absolute Gasteiger partial charge is 0.329 e. The molecule has 2 heterocycles. The van der Waals surface area contributed by atoms with Crippen LogP contribution < -0.4 is 11.0 Å². The molecule has 25 heavy (non-hydrogen) atoms. The number of amides is 1. The molecular formula is C19H22N4O2. The first kappa shape index (κ1) is 17.0. The van der Waals surface area contributed by atoms with Crippen molar-refractivity contribution in [3.63, 3.8) is 0 Å². The van der Waals surface area contributed by atoms with Crippen LogP contribution in [0.15, 0.2) is 53.6 Å². The third-order valence-corrected chi connectivity index (χ3v) is 4.01. The molecule has 130 valence electrons. The zero-order chi connectivity index (χ0) is 17.8. The Kier molecular flexibility index (Phi) is 4.97. The van der Waals surface area contributed by atoms with Gasteiger partial charge < -0.3 is 5.32 Å². The van der Waals surface area contributed by atoms with Gasteiger partial charge in [0.25, 0.3) is 0 Å². The number of fused-ring (bicyclic) bond motifs is 1. The molecule has 0 spiro atoms. The fourth-order valence-corrected chi connectivity index (χ4v) is 2.76. The summed E-state index contributed by atoms with van der Waals surface area (Å²) in [6.07, 6.45) is 3.29. The molecule has 0 saturated heterocycles. The normalized spacial score (nSPS) is 11.2. The highest BCUT2D eigenvalue weighted by Gasteiger charge is 2.16. The molecule has 0 bridgehead atoms. The molecule has 0 saturated carbocycles. The summed E-state index contributed by atoms with van der Waals surface area (Å²) in [5.41, 5.74) is 2.28. The summed E-state index contributed by atoms with van der Waals surface area (Å²) in [6.45, 7) is 5.11. The fraction of sp³-hybridized carbons (Fsp3) is 0.316. The summed E-state index contributed by atoms with van der Waals surface area (Å²) >= 11 is 0. The molecule has 1 N–H and O–H groups in total. The number of rotatable bonds is 6. The van der Waals surface area contributed by atoms with E-state index in [1.54, 1.807) is 17.0 Å². The van der Waals surface area contributed by atoms with E-state index in [-0.39, 0.29) is 18.1 Å². The SMILES string of the molecule is CC(C)CNC(=O)Cn1c(=O)n(Cc2ccccc2)c2ccncc21. The molecule has 6 heteroatoms. The van der Waals surface area contributed by atoms with Gasteiger partial charge in [-0.15, -0.1) is 0 Å². The average molecular weight is 338 g/mol. The zero-order valence-electron chi connectivity index (χ0n) is 14.5. The minimum absolute atomic E-state index is 0.00443. The lowest BCUT2D eigenvalue weighted by Crippen LogP contribution is -2.34. The fourth-order valence-electron chi connectivity index (χ4n) is 2.76. The molecule has 0 aliphatic heterocycles. The van der Waals surface area contributed by atoms with Crippen LogP contribution in [-0.2, 0) is 17.9 Å². The van der Waals surface area contributed by atoms with Crippen LogP contribution in [0.3, 0.4) is 0 Å². The van der Waals surface area contributed by atoms with Gasteiger partial charge in [-0.25, -0.2) is 4.79 Å². The van der Waals surface area contributed by atoms with Crippen LogP contribution >= 0.6 is 0 Å². The van der Waals surface area contributed by atoms with Gasteiger partial charge in [-0.1, -0.05) is 44.2 Å². The van der Waals surface area contributed by atoms with Crippen molar-refractivity contribution in [3.05, 3.63) is 64.8 Å². The van der Waals surface area contributed by atoms with Crippen molar-refractivity contribution in [3.8, 4) is 0 Å². The Morgan fingerprint density at radius 3 is 2.60 bits per heavy atom. The highest BCUT2D eigenvalue weighted by atomic mass is 16.2. The number of hydrogen-bond acceptors (Lipinski definition) is 3. The lowest BCUT2D eigenvalue weighted by atomic mass is 10.2. The second-order valence-corrected chi connectivity index (χ2v) is 6.50. The summed E-state index contributed by atoms with van der Waals surface area (Å²) in [4.78, 5) is 29.2. The number of pyridine rings is 1. The summed E-state index contributed by atoms with van der Waals surface area (Å²) in [6, 6.07) is 11.6. The predicted octanol–water partition coefficient (Wildman–Crippen LogP) is 2.02. The molecule has 0 aliphatic carbocycles. The molecule has 0 aliphatic rings. The van der Waals surface area contributed by atoms with Crippen LogP contribution in [0.5, 0.6) is 0 Å². The maximum atomic E-state index is 12.9. The molecule has 0 atom stereocenters. The highest BCUT2D eigenvalue weighted by Crippen LogP contribution is 2.13. The van der Waals surface area contributed by atoms with Crippen LogP contribution in [0, 0.1) is 5.92 Å². The van der Waals surface area contributed by atoms with E-state index in [1.165, 1.54) is 4.57 Å². The minimum Gasteiger partial charge on any atom is -0.354 e. The number of imidazole rings is 1. The molecule has 6 nitrogen and oxygen atoms in total. The third kappa shape index (κ3) is 3.79. The Morgan fingerprint density at radius 1 is 1.12 bits per heavy atom. The quantitative estimate of drug-likeness (QED) is 0.747. The second-order valence-electron chi connectivity index (χ2n) is 6.50. The van der Waals surface area contributed by atoms with Gasteiger partial charge in [0.15, 0.2) is 0 Å². The number of carbonyl (C=O) groups is 1. The topological polar surface area (TPSA) is 68.9 Å². The van der Waals surface area contributed by atoms with Crippen LogP contribution in [-0.4, -0.2) is 26.6 Å². The first-order valence-electron chi connectivity index (χ1n) is 8.40. The Bertz CT molecular complexity index is 925. The average Bonchev–Trinajstić information content (AvgIpc) is 2.87. The zero-order valence-corrected chi connectivity index (χ0v) is 14.5. The minimum atomic E-state index is -0.202. The Morgan fingerprint density at radius 2 is 1.88 bits per heavy atom. The largest absolute Gasteiger partial charge is 0.354 e. The highest BCUT2D eigenvalue weighted by molar-refractivity contribution is 5.80. The van der Waals surface area contributed by atoms with Gasteiger partial charge in [0, 0.05) is 12.7 Å². The molecule has 1 amide bonds. The molecule has 0 radical (unpaired) electrons. The van der Waals surface area contributed by atoms with Crippen molar-refractivity contribution in [1.82, 2.24) is 19.4 Å². The molecule has 2 aromatic heterocycles. The van der Waals surface area contributed by atoms with Crippen molar-refractivity contribution < 1.29 is 4.79 Å².